The van der Waals surface area contributed by atoms with Crippen LogP contribution in [-0.2, 0) is 14.8 Å². The number of fused-ring (bicyclic) bond motifs is 1. The fourth-order valence-corrected chi connectivity index (χ4v) is 4.67. The van der Waals surface area contributed by atoms with E-state index in [1.54, 1.807) is 19.2 Å². The van der Waals surface area contributed by atoms with E-state index in [1.165, 1.54) is 6.07 Å². The molecule has 2 heterocycles. The summed E-state index contributed by atoms with van der Waals surface area (Å²) in [4.78, 5) is 13.8. The first-order valence-corrected chi connectivity index (χ1v) is 10.2. The van der Waals surface area contributed by atoms with E-state index in [2.05, 4.69) is 14.9 Å². The Hall–Kier alpha value is -1.84. The molecule has 0 aromatic heterocycles. The van der Waals surface area contributed by atoms with Gasteiger partial charge in [0.05, 0.1) is 0 Å². The minimum atomic E-state index is -3.72. The highest BCUT2D eigenvalue weighted by atomic mass is 32.2. The standard InChI is InChI=1S/C17H25N3O5S/c1-18-16(21)10-12-6-7-13(20(12)2)11-19-26(22,23)15-5-3-4-14-17(15)25-9-8-24-14/h3-5,12-13,19H,6-11H2,1-2H3,(H,18,21)/t12-,13+/m1/s1. The van der Waals surface area contributed by atoms with Crippen LogP contribution in [0.5, 0.6) is 11.5 Å². The van der Waals surface area contributed by atoms with Gasteiger partial charge in [-0.05, 0) is 32.0 Å². The minimum Gasteiger partial charge on any atom is -0.486 e. The lowest BCUT2D eigenvalue weighted by atomic mass is 10.1. The van der Waals surface area contributed by atoms with Gasteiger partial charge in [0.15, 0.2) is 11.5 Å². The van der Waals surface area contributed by atoms with Crippen LogP contribution in [0.4, 0.5) is 0 Å². The molecule has 26 heavy (non-hydrogen) atoms. The monoisotopic (exact) mass is 383 g/mol. The predicted octanol–water partition coefficient (Wildman–Crippen LogP) is 0.335. The second-order valence-corrected chi connectivity index (χ2v) is 8.30. The van der Waals surface area contributed by atoms with E-state index in [4.69, 9.17) is 9.47 Å². The third-order valence-corrected chi connectivity index (χ3v) is 6.46. The van der Waals surface area contributed by atoms with Crippen LogP contribution < -0.4 is 19.5 Å². The lowest BCUT2D eigenvalue weighted by molar-refractivity contribution is -0.121. The summed E-state index contributed by atoms with van der Waals surface area (Å²) in [5, 5.41) is 2.63. The summed E-state index contributed by atoms with van der Waals surface area (Å²) >= 11 is 0. The van der Waals surface area contributed by atoms with Crippen molar-refractivity contribution in [2.75, 3.05) is 33.9 Å². The van der Waals surface area contributed by atoms with Gasteiger partial charge in [-0.15, -0.1) is 0 Å². The SMILES string of the molecule is CNC(=O)C[C@H]1CC[C@@H](CNS(=O)(=O)c2cccc3c2OCCO3)N1C. The molecule has 9 heteroatoms. The molecule has 3 rings (SSSR count). The number of benzene rings is 1. The van der Waals surface area contributed by atoms with Crippen molar-refractivity contribution in [3.63, 3.8) is 0 Å². The van der Waals surface area contributed by atoms with Crippen molar-refractivity contribution in [3.05, 3.63) is 18.2 Å². The normalized spacial score (nSPS) is 23.0. The van der Waals surface area contributed by atoms with Crippen LogP contribution >= 0.6 is 0 Å². The average Bonchev–Trinajstić information content (AvgIpc) is 2.99. The average molecular weight is 383 g/mol. The highest BCUT2D eigenvalue weighted by Gasteiger charge is 2.33. The molecular formula is C17H25N3O5S. The molecule has 2 atom stereocenters. The molecule has 0 saturated carbocycles. The number of carbonyl (C=O) groups is 1. The maximum absolute atomic E-state index is 12.7. The van der Waals surface area contributed by atoms with E-state index >= 15 is 0 Å². The number of hydrogen-bond acceptors (Lipinski definition) is 6. The lowest BCUT2D eigenvalue weighted by Gasteiger charge is -2.26. The van der Waals surface area contributed by atoms with E-state index < -0.39 is 10.0 Å². The Morgan fingerprint density at radius 2 is 1.96 bits per heavy atom. The van der Waals surface area contributed by atoms with Gasteiger partial charge >= 0.3 is 0 Å². The maximum atomic E-state index is 12.7. The maximum Gasteiger partial charge on any atom is 0.244 e. The first-order valence-electron chi connectivity index (χ1n) is 8.73. The van der Waals surface area contributed by atoms with Gasteiger partial charge in [-0.2, -0.15) is 0 Å². The van der Waals surface area contributed by atoms with Crippen molar-refractivity contribution >= 4 is 15.9 Å². The molecule has 8 nitrogen and oxygen atoms in total. The van der Waals surface area contributed by atoms with Crippen molar-refractivity contribution in [3.8, 4) is 11.5 Å². The van der Waals surface area contributed by atoms with Gasteiger partial charge in [0.1, 0.15) is 18.1 Å². The molecule has 1 saturated heterocycles. The molecule has 2 aliphatic heterocycles. The Morgan fingerprint density at radius 3 is 2.73 bits per heavy atom. The Balaban J connectivity index is 1.65. The first kappa shape index (κ1) is 18.9. The van der Waals surface area contributed by atoms with Gasteiger partial charge < -0.3 is 14.8 Å². The molecule has 1 amide bonds. The van der Waals surface area contributed by atoms with Crippen molar-refractivity contribution in [2.24, 2.45) is 0 Å². The smallest absolute Gasteiger partial charge is 0.244 e. The molecule has 1 aromatic rings. The molecule has 0 radical (unpaired) electrons. The summed E-state index contributed by atoms with van der Waals surface area (Å²) in [5.41, 5.74) is 0. The van der Waals surface area contributed by atoms with E-state index in [0.29, 0.717) is 25.4 Å². The number of hydrogen-bond donors (Lipinski definition) is 2. The van der Waals surface area contributed by atoms with Crippen molar-refractivity contribution in [1.29, 1.82) is 0 Å². The minimum absolute atomic E-state index is 0.00357. The molecule has 0 aliphatic carbocycles. The van der Waals surface area contributed by atoms with E-state index in [0.717, 1.165) is 12.8 Å². The number of ether oxygens (including phenoxy) is 2. The van der Waals surface area contributed by atoms with Crippen LogP contribution in [0.15, 0.2) is 23.1 Å². The molecule has 2 aliphatic rings. The summed E-state index contributed by atoms with van der Waals surface area (Å²) in [6, 6.07) is 5.04. The Morgan fingerprint density at radius 1 is 1.23 bits per heavy atom. The number of nitrogens with zero attached hydrogens (tertiary/aromatic N) is 1. The summed E-state index contributed by atoms with van der Waals surface area (Å²) in [6.07, 6.45) is 2.13. The lowest BCUT2D eigenvalue weighted by Crippen LogP contribution is -2.42. The number of amides is 1. The second kappa shape index (κ2) is 7.81. The zero-order valence-electron chi connectivity index (χ0n) is 15.0. The summed E-state index contributed by atoms with van der Waals surface area (Å²) in [7, 11) is -0.167. The Kier molecular flexibility index (Phi) is 5.69. The predicted molar refractivity (Wildman–Crippen MR) is 95.9 cm³/mol. The third-order valence-electron chi connectivity index (χ3n) is 5.01. The zero-order chi connectivity index (χ0) is 18.7. The van der Waals surface area contributed by atoms with Gasteiger partial charge in [-0.1, -0.05) is 6.07 Å². The summed E-state index contributed by atoms with van der Waals surface area (Å²) in [6.45, 7) is 1.02. The van der Waals surface area contributed by atoms with Crippen LogP contribution in [0.1, 0.15) is 19.3 Å². The highest BCUT2D eigenvalue weighted by Crippen LogP contribution is 2.36. The first-order chi connectivity index (χ1) is 12.4. The van der Waals surface area contributed by atoms with Crippen molar-refractivity contribution in [2.45, 2.75) is 36.2 Å². The second-order valence-electron chi connectivity index (χ2n) is 6.56. The molecule has 0 bridgehead atoms. The van der Waals surface area contributed by atoms with E-state index in [9.17, 15) is 13.2 Å². The van der Waals surface area contributed by atoms with Crippen LogP contribution in [-0.4, -0.2) is 65.2 Å². The Labute approximate surface area is 153 Å². The number of para-hydroxylation sites is 1. The van der Waals surface area contributed by atoms with Crippen molar-refractivity contribution in [1.82, 2.24) is 14.9 Å². The molecule has 144 valence electrons. The van der Waals surface area contributed by atoms with Gasteiger partial charge in [0, 0.05) is 32.1 Å². The Bertz CT molecular complexity index is 768. The summed E-state index contributed by atoms with van der Waals surface area (Å²) < 4.78 is 39.1. The molecule has 2 N–H and O–H groups in total. The number of likely N-dealkylation sites (N-methyl/N-ethyl adjacent to an activating group) is 1. The molecule has 1 fully saturated rings. The zero-order valence-corrected chi connectivity index (χ0v) is 15.8. The van der Waals surface area contributed by atoms with Crippen LogP contribution in [0.25, 0.3) is 0 Å². The third kappa shape index (κ3) is 3.94. The molecule has 0 unspecified atom stereocenters. The van der Waals surface area contributed by atoms with Crippen molar-refractivity contribution < 1.29 is 22.7 Å². The van der Waals surface area contributed by atoms with Crippen LogP contribution in [0, 0.1) is 0 Å². The largest absolute Gasteiger partial charge is 0.486 e. The highest BCUT2D eigenvalue weighted by molar-refractivity contribution is 7.89. The van der Waals surface area contributed by atoms with E-state index in [-0.39, 0.29) is 35.2 Å². The number of rotatable bonds is 6. The number of likely N-dealkylation sites (tertiary alicyclic amines) is 1. The van der Waals surface area contributed by atoms with Gasteiger partial charge in [-0.25, -0.2) is 13.1 Å². The topological polar surface area (TPSA) is 97.0 Å². The van der Waals surface area contributed by atoms with Gasteiger partial charge in [0.2, 0.25) is 15.9 Å². The number of carbonyl (C=O) groups excluding carboxylic acids is 1. The number of sulfonamides is 1. The fourth-order valence-electron chi connectivity index (χ4n) is 3.44. The van der Waals surface area contributed by atoms with Gasteiger partial charge in [-0.3, -0.25) is 9.69 Å². The van der Waals surface area contributed by atoms with Crippen LogP contribution in [0.3, 0.4) is 0 Å². The molecular weight excluding hydrogens is 358 g/mol. The quantitative estimate of drug-likeness (QED) is 0.735. The molecule has 1 aromatic carbocycles. The van der Waals surface area contributed by atoms with Crippen LogP contribution in [0.2, 0.25) is 0 Å². The molecule has 0 spiro atoms. The fraction of sp³-hybridized carbons (Fsp3) is 0.588. The van der Waals surface area contributed by atoms with E-state index in [1.807, 2.05) is 7.05 Å². The number of nitrogens with one attached hydrogen (secondary N) is 2. The summed E-state index contributed by atoms with van der Waals surface area (Å²) in [5.74, 6) is 0.711. The van der Waals surface area contributed by atoms with Gasteiger partial charge in [0.25, 0.3) is 0 Å².